The molecule has 0 amide bonds. The summed E-state index contributed by atoms with van der Waals surface area (Å²) in [5.41, 5.74) is 1.74. The van der Waals surface area contributed by atoms with E-state index in [2.05, 4.69) is 34.2 Å². The standard InChI is InChI=1S/C17H23N5/c1-2-21-9-11-22(12-10-21)8-4-7-20-17-15(13-18)5-3-6-16(17)14-19/h3,5-6,20H,2,4,7-12H2,1H3. The van der Waals surface area contributed by atoms with Gasteiger partial charge in [-0.3, -0.25) is 0 Å². The van der Waals surface area contributed by atoms with Gasteiger partial charge in [0.05, 0.1) is 16.8 Å². The lowest BCUT2D eigenvalue weighted by Gasteiger charge is -2.34. The van der Waals surface area contributed by atoms with E-state index >= 15 is 0 Å². The van der Waals surface area contributed by atoms with Crippen LogP contribution < -0.4 is 5.32 Å². The van der Waals surface area contributed by atoms with Gasteiger partial charge >= 0.3 is 0 Å². The molecular formula is C17H23N5. The smallest absolute Gasteiger partial charge is 0.101 e. The number of anilines is 1. The largest absolute Gasteiger partial charge is 0.383 e. The maximum absolute atomic E-state index is 9.13. The van der Waals surface area contributed by atoms with Crippen LogP contribution in [0.1, 0.15) is 24.5 Å². The molecule has 2 rings (SSSR count). The molecule has 1 aromatic carbocycles. The topological polar surface area (TPSA) is 66.1 Å². The normalized spacial score (nSPS) is 16.0. The van der Waals surface area contributed by atoms with Gasteiger partial charge in [-0.05, 0) is 31.6 Å². The monoisotopic (exact) mass is 297 g/mol. The van der Waals surface area contributed by atoms with E-state index in [1.165, 1.54) is 0 Å². The van der Waals surface area contributed by atoms with E-state index in [0.717, 1.165) is 52.2 Å². The van der Waals surface area contributed by atoms with Crippen molar-refractivity contribution in [2.45, 2.75) is 13.3 Å². The van der Waals surface area contributed by atoms with E-state index in [0.29, 0.717) is 16.8 Å². The minimum Gasteiger partial charge on any atom is -0.383 e. The summed E-state index contributed by atoms with van der Waals surface area (Å²) < 4.78 is 0. The number of hydrogen-bond acceptors (Lipinski definition) is 5. The molecule has 0 unspecified atom stereocenters. The molecule has 22 heavy (non-hydrogen) atoms. The van der Waals surface area contributed by atoms with Crippen LogP contribution in [0.3, 0.4) is 0 Å². The van der Waals surface area contributed by atoms with Gasteiger partial charge in [0.25, 0.3) is 0 Å². The summed E-state index contributed by atoms with van der Waals surface area (Å²) in [6.45, 7) is 9.75. The number of piperazine rings is 1. The van der Waals surface area contributed by atoms with Crippen LogP contribution in [-0.4, -0.2) is 55.6 Å². The summed E-state index contributed by atoms with van der Waals surface area (Å²) in [4.78, 5) is 4.95. The van der Waals surface area contributed by atoms with Crippen molar-refractivity contribution in [1.82, 2.24) is 9.80 Å². The van der Waals surface area contributed by atoms with Crippen molar-refractivity contribution >= 4 is 5.69 Å². The molecule has 1 saturated heterocycles. The van der Waals surface area contributed by atoms with Crippen LogP contribution in [0.5, 0.6) is 0 Å². The second kappa shape index (κ2) is 8.38. The first kappa shape index (κ1) is 16.3. The Balaban J connectivity index is 1.78. The first-order chi connectivity index (χ1) is 10.8. The van der Waals surface area contributed by atoms with E-state index in [-0.39, 0.29) is 0 Å². The Morgan fingerprint density at radius 2 is 1.64 bits per heavy atom. The van der Waals surface area contributed by atoms with Crippen molar-refractivity contribution in [3.8, 4) is 12.1 Å². The molecule has 1 aliphatic heterocycles. The molecule has 0 aliphatic carbocycles. The highest BCUT2D eigenvalue weighted by molar-refractivity contribution is 5.66. The molecule has 0 radical (unpaired) electrons. The van der Waals surface area contributed by atoms with Crippen LogP contribution in [0, 0.1) is 22.7 Å². The molecule has 0 bridgehead atoms. The van der Waals surface area contributed by atoms with Crippen LogP contribution in [0.2, 0.25) is 0 Å². The SMILES string of the molecule is CCN1CCN(CCCNc2c(C#N)cccc2C#N)CC1. The number of benzene rings is 1. The second-order valence-corrected chi connectivity index (χ2v) is 5.51. The fourth-order valence-electron chi connectivity index (χ4n) is 2.77. The van der Waals surface area contributed by atoms with Crippen molar-refractivity contribution in [3.05, 3.63) is 29.3 Å². The average Bonchev–Trinajstić information content (AvgIpc) is 2.59. The second-order valence-electron chi connectivity index (χ2n) is 5.51. The van der Waals surface area contributed by atoms with Crippen molar-refractivity contribution in [3.63, 3.8) is 0 Å². The third-order valence-electron chi connectivity index (χ3n) is 4.17. The predicted octanol–water partition coefficient (Wildman–Crippen LogP) is 1.87. The first-order valence-electron chi connectivity index (χ1n) is 7.90. The van der Waals surface area contributed by atoms with Crippen LogP contribution >= 0.6 is 0 Å². The maximum atomic E-state index is 9.13. The van der Waals surface area contributed by atoms with Gasteiger partial charge in [-0.15, -0.1) is 0 Å². The number of para-hydroxylation sites is 1. The Morgan fingerprint density at radius 3 is 2.18 bits per heavy atom. The zero-order chi connectivity index (χ0) is 15.8. The molecule has 0 atom stereocenters. The number of nitriles is 2. The van der Waals surface area contributed by atoms with E-state index in [1.54, 1.807) is 18.2 Å². The lowest BCUT2D eigenvalue weighted by atomic mass is 10.1. The van der Waals surface area contributed by atoms with Gasteiger partial charge < -0.3 is 15.1 Å². The van der Waals surface area contributed by atoms with E-state index in [1.807, 2.05) is 0 Å². The summed E-state index contributed by atoms with van der Waals surface area (Å²) >= 11 is 0. The van der Waals surface area contributed by atoms with Gasteiger partial charge in [0.2, 0.25) is 0 Å². The molecule has 0 aromatic heterocycles. The van der Waals surface area contributed by atoms with Gasteiger partial charge in [0.1, 0.15) is 12.1 Å². The summed E-state index contributed by atoms with van der Waals surface area (Å²) in [5.74, 6) is 0. The number of hydrogen-bond donors (Lipinski definition) is 1. The molecule has 1 N–H and O–H groups in total. The van der Waals surface area contributed by atoms with E-state index < -0.39 is 0 Å². The molecule has 1 fully saturated rings. The van der Waals surface area contributed by atoms with Gasteiger partial charge in [0, 0.05) is 32.7 Å². The average molecular weight is 297 g/mol. The third kappa shape index (κ3) is 4.21. The zero-order valence-electron chi connectivity index (χ0n) is 13.2. The van der Waals surface area contributed by atoms with Crippen LogP contribution in [-0.2, 0) is 0 Å². The minimum atomic E-state index is 0.538. The van der Waals surface area contributed by atoms with Crippen LogP contribution in [0.25, 0.3) is 0 Å². The first-order valence-corrected chi connectivity index (χ1v) is 7.90. The molecule has 0 spiro atoms. The van der Waals surface area contributed by atoms with E-state index in [9.17, 15) is 0 Å². The quantitative estimate of drug-likeness (QED) is 0.812. The Hall–Kier alpha value is -2.08. The molecule has 116 valence electrons. The lowest BCUT2D eigenvalue weighted by molar-refractivity contribution is 0.137. The number of rotatable bonds is 6. The molecule has 1 aliphatic rings. The maximum Gasteiger partial charge on any atom is 0.101 e. The van der Waals surface area contributed by atoms with Gasteiger partial charge in [-0.1, -0.05) is 13.0 Å². The van der Waals surface area contributed by atoms with Crippen molar-refractivity contribution < 1.29 is 0 Å². The van der Waals surface area contributed by atoms with Crippen molar-refractivity contribution in [2.75, 3.05) is 51.1 Å². The Kier molecular flexibility index (Phi) is 6.21. The molecule has 1 aromatic rings. The molecule has 1 heterocycles. The van der Waals surface area contributed by atoms with E-state index in [4.69, 9.17) is 10.5 Å². The van der Waals surface area contributed by atoms with Crippen LogP contribution in [0.4, 0.5) is 5.69 Å². The fraction of sp³-hybridized carbons (Fsp3) is 0.529. The number of nitrogens with zero attached hydrogens (tertiary/aromatic N) is 4. The highest BCUT2D eigenvalue weighted by Crippen LogP contribution is 2.19. The van der Waals surface area contributed by atoms with Gasteiger partial charge in [-0.25, -0.2) is 0 Å². The van der Waals surface area contributed by atoms with Gasteiger partial charge in [-0.2, -0.15) is 10.5 Å². The molecule has 5 heteroatoms. The number of nitrogens with one attached hydrogen (secondary N) is 1. The highest BCUT2D eigenvalue weighted by Gasteiger charge is 2.14. The molecular weight excluding hydrogens is 274 g/mol. The fourth-order valence-corrected chi connectivity index (χ4v) is 2.77. The number of likely N-dealkylation sites (N-methyl/N-ethyl adjacent to an activating group) is 1. The summed E-state index contributed by atoms with van der Waals surface area (Å²) in [6, 6.07) is 9.52. The predicted molar refractivity (Wildman–Crippen MR) is 87.5 cm³/mol. The van der Waals surface area contributed by atoms with Crippen molar-refractivity contribution in [2.24, 2.45) is 0 Å². The van der Waals surface area contributed by atoms with Crippen molar-refractivity contribution in [1.29, 1.82) is 10.5 Å². The molecule has 5 nitrogen and oxygen atoms in total. The molecule has 0 saturated carbocycles. The third-order valence-corrected chi connectivity index (χ3v) is 4.17. The Labute approximate surface area is 132 Å². The zero-order valence-corrected chi connectivity index (χ0v) is 13.2. The summed E-state index contributed by atoms with van der Waals surface area (Å²) in [5, 5.41) is 21.5. The van der Waals surface area contributed by atoms with Crippen LogP contribution in [0.15, 0.2) is 18.2 Å². The highest BCUT2D eigenvalue weighted by atomic mass is 15.3. The summed E-state index contributed by atoms with van der Waals surface area (Å²) in [6.07, 6.45) is 1.01. The Morgan fingerprint density at radius 1 is 1.05 bits per heavy atom. The van der Waals surface area contributed by atoms with Gasteiger partial charge in [0.15, 0.2) is 0 Å². The Bertz CT molecular complexity index is 529. The summed E-state index contributed by atoms with van der Waals surface area (Å²) in [7, 11) is 0. The minimum absolute atomic E-state index is 0.538. The lowest BCUT2D eigenvalue weighted by Crippen LogP contribution is -2.46.